The lowest BCUT2D eigenvalue weighted by atomic mass is 10.1. The Morgan fingerprint density at radius 1 is 1.20 bits per heavy atom. The molecule has 2 N–H and O–H groups in total. The van der Waals surface area contributed by atoms with Gasteiger partial charge >= 0.3 is 6.01 Å². The average Bonchev–Trinajstić information content (AvgIpc) is 3.13. The lowest BCUT2D eigenvalue weighted by Gasteiger charge is -2.23. The zero-order valence-electron chi connectivity index (χ0n) is 16.8. The second-order valence-corrected chi connectivity index (χ2v) is 7.01. The molecule has 1 aromatic carbocycles. The van der Waals surface area contributed by atoms with E-state index in [1.807, 2.05) is 24.6 Å². The molecule has 0 radical (unpaired) electrons. The van der Waals surface area contributed by atoms with Gasteiger partial charge in [0.05, 0.1) is 11.7 Å². The zero-order valence-corrected chi connectivity index (χ0v) is 17.6. The Hall–Kier alpha value is -3.04. The van der Waals surface area contributed by atoms with Gasteiger partial charge in [-0.1, -0.05) is 5.21 Å². The molecular formula is C20H24ClN7O2. The number of hydrogen-bond donors (Lipinski definition) is 2. The summed E-state index contributed by atoms with van der Waals surface area (Å²) in [5.41, 5.74) is 2.68. The number of piperidine rings is 1. The maximum absolute atomic E-state index is 12.8. The number of nitrogens with one attached hydrogen (secondary N) is 2. The molecule has 9 nitrogen and oxygen atoms in total. The van der Waals surface area contributed by atoms with Gasteiger partial charge in [0.1, 0.15) is 5.75 Å². The highest BCUT2D eigenvalue weighted by Gasteiger charge is 2.23. The van der Waals surface area contributed by atoms with Crippen molar-refractivity contribution in [1.82, 2.24) is 30.3 Å². The van der Waals surface area contributed by atoms with Crippen molar-refractivity contribution < 1.29 is 9.53 Å². The Balaban J connectivity index is 0.00000256. The number of anilines is 1. The quantitative estimate of drug-likeness (QED) is 0.641. The predicted molar refractivity (Wildman–Crippen MR) is 114 cm³/mol. The lowest BCUT2D eigenvalue weighted by molar-refractivity contribution is 0.102. The van der Waals surface area contributed by atoms with Gasteiger partial charge < -0.3 is 15.4 Å². The molecule has 1 fully saturated rings. The van der Waals surface area contributed by atoms with E-state index in [0.29, 0.717) is 17.1 Å². The van der Waals surface area contributed by atoms with Crippen molar-refractivity contribution in [3.05, 3.63) is 53.6 Å². The molecule has 0 spiro atoms. The van der Waals surface area contributed by atoms with Gasteiger partial charge in [0, 0.05) is 18.1 Å². The van der Waals surface area contributed by atoms with Crippen LogP contribution in [-0.2, 0) is 0 Å². The van der Waals surface area contributed by atoms with E-state index in [1.165, 1.54) is 0 Å². The van der Waals surface area contributed by atoms with Gasteiger partial charge in [-0.05, 0) is 69.6 Å². The van der Waals surface area contributed by atoms with Crippen molar-refractivity contribution >= 4 is 24.0 Å². The number of carbonyl (C=O) groups excluding carboxylic acids is 1. The second kappa shape index (κ2) is 9.64. The number of rotatable bonds is 5. The number of carbonyl (C=O) groups is 1. The number of nitrogens with zero attached hydrogens (tertiary/aromatic N) is 5. The van der Waals surface area contributed by atoms with Crippen molar-refractivity contribution in [3.63, 3.8) is 0 Å². The summed E-state index contributed by atoms with van der Waals surface area (Å²) < 4.78 is 7.50. The van der Waals surface area contributed by atoms with Crippen LogP contribution in [0.25, 0.3) is 0 Å². The van der Waals surface area contributed by atoms with Gasteiger partial charge in [-0.2, -0.15) is 0 Å². The molecule has 0 aliphatic carbocycles. The number of aromatic nitrogens is 5. The van der Waals surface area contributed by atoms with Gasteiger partial charge in [0.15, 0.2) is 5.69 Å². The summed E-state index contributed by atoms with van der Waals surface area (Å²) in [5, 5.41) is 14.6. The van der Waals surface area contributed by atoms with Gasteiger partial charge in [0.25, 0.3) is 5.91 Å². The minimum Gasteiger partial charge on any atom is -0.424 e. The molecule has 1 amide bonds. The first-order valence-electron chi connectivity index (χ1n) is 9.61. The number of aryl methyl sites for hydroxylation is 1. The SMILES string of the molecule is Cc1cc(Oc2ncccn2)ccc1NC(=O)c1nnn(C2CCNCC2)c1C.Cl. The molecule has 4 rings (SSSR count). The smallest absolute Gasteiger partial charge is 0.321 e. The fourth-order valence-electron chi connectivity index (χ4n) is 3.41. The number of amides is 1. The van der Waals surface area contributed by atoms with Crippen LogP contribution in [0.5, 0.6) is 11.8 Å². The minimum absolute atomic E-state index is 0. The average molecular weight is 430 g/mol. The molecular weight excluding hydrogens is 406 g/mol. The monoisotopic (exact) mass is 429 g/mol. The van der Waals surface area contributed by atoms with E-state index >= 15 is 0 Å². The van der Waals surface area contributed by atoms with Crippen LogP contribution in [0, 0.1) is 13.8 Å². The van der Waals surface area contributed by atoms with Gasteiger partial charge in [-0.25, -0.2) is 14.6 Å². The van der Waals surface area contributed by atoms with E-state index in [4.69, 9.17) is 4.74 Å². The van der Waals surface area contributed by atoms with Crippen LogP contribution in [0.4, 0.5) is 5.69 Å². The molecule has 3 heterocycles. The number of halogens is 1. The maximum atomic E-state index is 12.8. The van der Waals surface area contributed by atoms with Crippen LogP contribution in [0.1, 0.15) is 40.6 Å². The molecule has 3 aromatic rings. The third-order valence-corrected chi connectivity index (χ3v) is 4.99. The summed E-state index contributed by atoms with van der Waals surface area (Å²) in [4.78, 5) is 20.8. The summed E-state index contributed by atoms with van der Waals surface area (Å²) in [7, 11) is 0. The van der Waals surface area contributed by atoms with Gasteiger partial charge in [-0.3, -0.25) is 4.79 Å². The zero-order chi connectivity index (χ0) is 20.2. The van der Waals surface area contributed by atoms with E-state index < -0.39 is 0 Å². The highest BCUT2D eigenvalue weighted by atomic mass is 35.5. The predicted octanol–water partition coefficient (Wildman–Crippen LogP) is 3.08. The first-order valence-corrected chi connectivity index (χ1v) is 9.61. The van der Waals surface area contributed by atoms with Crippen LogP contribution >= 0.6 is 12.4 Å². The number of hydrogen-bond acceptors (Lipinski definition) is 7. The highest BCUT2D eigenvalue weighted by molar-refractivity contribution is 6.03. The molecule has 10 heteroatoms. The van der Waals surface area contributed by atoms with Crippen molar-refractivity contribution in [2.24, 2.45) is 0 Å². The fraction of sp³-hybridized carbons (Fsp3) is 0.350. The summed E-state index contributed by atoms with van der Waals surface area (Å²) in [6.45, 7) is 5.69. The Kier molecular flexibility index (Phi) is 6.96. The first kappa shape index (κ1) is 21.7. The topological polar surface area (TPSA) is 107 Å². The first-order chi connectivity index (χ1) is 14.1. The Morgan fingerprint density at radius 2 is 1.93 bits per heavy atom. The summed E-state index contributed by atoms with van der Waals surface area (Å²) in [6.07, 6.45) is 5.19. The molecule has 0 unspecified atom stereocenters. The normalized spacial score (nSPS) is 14.1. The molecule has 2 aromatic heterocycles. The fourth-order valence-corrected chi connectivity index (χ4v) is 3.41. The third kappa shape index (κ3) is 4.74. The highest BCUT2D eigenvalue weighted by Crippen LogP contribution is 2.25. The van der Waals surface area contributed by atoms with Crippen molar-refractivity contribution in [2.75, 3.05) is 18.4 Å². The van der Waals surface area contributed by atoms with Crippen LogP contribution in [0.15, 0.2) is 36.7 Å². The van der Waals surface area contributed by atoms with E-state index in [9.17, 15) is 4.79 Å². The summed E-state index contributed by atoms with van der Waals surface area (Å²) in [6, 6.07) is 7.65. The Labute approximate surface area is 180 Å². The third-order valence-electron chi connectivity index (χ3n) is 4.99. The van der Waals surface area contributed by atoms with E-state index in [2.05, 4.69) is 30.9 Å². The molecule has 0 bridgehead atoms. The summed E-state index contributed by atoms with van der Waals surface area (Å²) >= 11 is 0. The molecule has 158 valence electrons. The molecule has 30 heavy (non-hydrogen) atoms. The summed E-state index contributed by atoms with van der Waals surface area (Å²) in [5.74, 6) is 0.325. The van der Waals surface area contributed by atoms with Crippen LogP contribution in [0.2, 0.25) is 0 Å². The molecule has 0 atom stereocenters. The standard InChI is InChI=1S/C20H23N7O2.ClH/c1-13-12-16(29-20-22-8-3-9-23-20)4-5-17(13)24-19(28)18-14(2)27(26-25-18)15-6-10-21-11-7-15;/h3-5,8-9,12,15,21H,6-7,10-11H2,1-2H3,(H,24,28);1H. The molecule has 1 aliphatic rings. The largest absolute Gasteiger partial charge is 0.424 e. The van der Waals surface area contributed by atoms with Gasteiger partial charge in [0.2, 0.25) is 0 Å². The van der Waals surface area contributed by atoms with Crippen LogP contribution in [-0.4, -0.2) is 44.0 Å². The maximum Gasteiger partial charge on any atom is 0.321 e. The Bertz CT molecular complexity index is 1000. The molecule has 1 aliphatic heterocycles. The Morgan fingerprint density at radius 3 is 2.63 bits per heavy atom. The van der Waals surface area contributed by atoms with Crippen LogP contribution in [0.3, 0.4) is 0 Å². The number of benzene rings is 1. The van der Waals surface area contributed by atoms with Crippen molar-refractivity contribution in [3.8, 4) is 11.8 Å². The molecule has 1 saturated heterocycles. The van der Waals surface area contributed by atoms with Crippen molar-refractivity contribution in [1.29, 1.82) is 0 Å². The second-order valence-electron chi connectivity index (χ2n) is 7.01. The van der Waals surface area contributed by atoms with Crippen molar-refractivity contribution in [2.45, 2.75) is 32.7 Å². The molecule has 0 saturated carbocycles. The van der Waals surface area contributed by atoms with Gasteiger partial charge in [-0.15, -0.1) is 17.5 Å². The minimum atomic E-state index is -0.272. The van der Waals surface area contributed by atoms with Crippen LogP contribution < -0.4 is 15.4 Å². The lowest BCUT2D eigenvalue weighted by Crippen LogP contribution is -2.30. The van der Waals surface area contributed by atoms with E-state index in [0.717, 1.165) is 37.2 Å². The van der Waals surface area contributed by atoms with E-state index in [-0.39, 0.29) is 30.4 Å². The number of ether oxygens (including phenoxy) is 1. The van der Waals surface area contributed by atoms with E-state index in [1.54, 1.807) is 30.6 Å².